The third kappa shape index (κ3) is 3.86. The summed E-state index contributed by atoms with van der Waals surface area (Å²) in [6, 6.07) is 14.3. The van der Waals surface area contributed by atoms with E-state index in [0.29, 0.717) is 12.3 Å². The molecule has 3 heterocycles. The van der Waals surface area contributed by atoms with Crippen LogP contribution in [0.2, 0.25) is 0 Å². The van der Waals surface area contributed by atoms with Gasteiger partial charge in [-0.05, 0) is 30.9 Å². The predicted octanol–water partition coefficient (Wildman–Crippen LogP) is 3.85. The Bertz CT molecular complexity index is 950. The number of amides is 1. The molecule has 0 spiro atoms. The van der Waals surface area contributed by atoms with E-state index in [0.717, 1.165) is 48.7 Å². The summed E-state index contributed by atoms with van der Waals surface area (Å²) in [6.07, 6.45) is 4.59. The first-order chi connectivity index (χ1) is 13.6. The van der Waals surface area contributed by atoms with Crippen LogP contribution in [-0.4, -0.2) is 44.5 Å². The van der Waals surface area contributed by atoms with Gasteiger partial charge in [0.05, 0.1) is 11.9 Å². The molecule has 4 rings (SSSR count). The number of aromatic nitrogens is 3. The first-order valence-electron chi connectivity index (χ1n) is 10.1. The van der Waals surface area contributed by atoms with Crippen molar-refractivity contribution in [2.24, 2.45) is 5.92 Å². The van der Waals surface area contributed by atoms with Crippen LogP contribution in [-0.2, 0) is 4.79 Å². The summed E-state index contributed by atoms with van der Waals surface area (Å²) in [5, 5.41) is 8.16. The van der Waals surface area contributed by atoms with E-state index in [9.17, 15) is 4.79 Å². The van der Waals surface area contributed by atoms with Gasteiger partial charge in [-0.25, -0.2) is 9.50 Å². The molecule has 1 saturated heterocycles. The number of hydrogen-bond acceptors (Lipinski definition) is 4. The van der Waals surface area contributed by atoms with E-state index >= 15 is 0 Å². The molecule has 1 aliphatic heterocycles. The lowest BCUT2D eigenvalue weighted by molar-refractivity contribution is -0.132. The van der Waals surface area contributed by atoms with E-state index in [-0.39, 0.29) is 11.9 Å². The highest BCUT2D eigenvalue weighted by atomic mass is 16.2. The second-order valence-electron chi connectivity index (χ2n) is 7.86. The number of nitrogens with one attached hydrogen (secondary N) is 1. The van der Waals surface area contributed by atoms with Crippen molar-refractivity contribution in [1.29, 1.82) is 0 Å². The molecule has 0 radical (unpaired) electrons. The van der Waals surface area contributed by atoms with Crippen LogP contribution in [0, 0.1) is 5.92 Å². The lowest BCUT2D eigenvalue weighted by Crippen LogP contribution is -2.40. The lowest BCUT2D eigenvalue weighted by atomic mass is 10.1. The molecule has 0 aliphatic carbocycles. The molecule has 0 saturated carbocycles. The third-order valence-corrected chi connectivity index (χ3v) is 5.23. The van der Waals surface area contributed by atoms with Gasteiger partial charge in [-0.15, -0.1) is 5.10 Å². The maximum atomic E-state index is 12.5. The van der Waals surface area contributed by atoms with Crippen molar-refractivity contribution < 1.29 is 4.79 Å². The first-order valence-corrected chi connectivity index (χ1v) is 10.1. The van der Waals surface area contributed by atoms with E-state index in [1.165, 1.54) is 0 Å². The van der Waals surface area contributed by atoms with Crippen molar-refractivity contribution in [2.45, 2.75) is 39.2 Å². The molecule has 0 bridgehead atoms. The Morgan fingerprint density at radius 3 is 2.82 bits per heavy atom. The van der Waals surface area contributed by atoms with Gasteiger partial charge in [-0.3, -0.25) is 4.79 Å². The zero-order valence-corrected chi connectivity index (χ0v) is 16.5. The summed E-state index contributed by atoms with van der Waals surface area (Å²) in [5.41, 5.74) is 2.87. The van der Waals surface area contributed by atoms with Gasteiger partial charge in [0.15, 0.2) is 5.65 Å². The van der Waals surface area contributed by atoms with Crippen LogP contribution in [0.15, 0.2) is 48.7 Å². The standard InChI is InChI=1S/C22H27N5O/c1-16(2)13-22(28)26-12-6-9-18(26)14-23-20-10-11-21-24-15-19(27(21)25-20)17-7-4-3-5-8-17/h3-5,7-8,10-11,15-16,18H,6,9,12-14H2,1-2H3,(H,23,25). The van der Waals surface area contributed by atoms with Crippen LogP contribution in [0.1, 0.15) is 33.1 Å². The van der Waals surface area contributed by atoms with Gasteiger partial charge >= 0.3 is 0 Å². The third-order valence-electron chi connectivity index (χ3n) is 5.23. The maximum Gasteiger partial charge on any atom is 0.223 e. The van der Waals surface area contributed by atoms with Crippen LogP contribution in [0.5, 0.6) is 0 Å². The van der Waals surface area contributed by atoms with Crippen molar-refractivity contribution in [3.63, 3.8) is 0 Å². The van der Waals surface area contributed by atoms with Gasteiger partial charge < -0.3 is 10.2 Å². The number of likely N-dealkylation sites (tertiary alicyclic amines) is 1. The van der Waals surface area contributed by atoms with Crippen molar-refractivity contribution in [3.8, 4) is 11.3 Å². The van der Waals surface area contributed by atoms with E-state index in [4.69, 9.17) is 5.10 Å². The summed E-state index contributed by atoms with van der Waals surface area (Å²) in [6.45, 7) is 5.77. The summed E-state index contributed by atoms with van der Waals surface area (Å²) >= 11 is 0. The summed E-state index contributed by atoms with van der Waals surface area (Å²) in [7, 11) is 0. The molecule has 1 atom stereocenters. The highest BCUT2D eigenvalue weighted by Gasteiger charge is 2.28. The molecule has 2 aromatic heterocycles. The Balaban J connectivity index is 1.48. The zero-order valence-electron chi connectivity index (χ0n) is 16.5. The molecule has 1 fully saturated rings. The smallest absolute Gasteiger partial charge is 0.223 e. The minimum Gasteiger partial charge on any atom is -0.367 e. The van der Waals surface area contributed by atoms with Crippen LogP contribution >= 0.6 is 0 Å². The number of nitrogens with zero attached hydrogens (tertiary/aromatic N) is 4. The monoisotopic (exact) mass is 377 g/mol. The quantitative estimate of drug-likeness (QED) is 0.709. The van der Waals surface area contributed by atoms with Gasteiger partial charge in [0.2, 0.25) is 5.91 Å². The highest BCUT2D eigenvalue weighted by Crippen LogP contribution is 2.22. The van der Waals surface area contributed by atoms with E-state index in [1.807, 2.05) is 45.9 Å². The number of hydrogen-bond donors (Lipinski definition) is 1. The molecule has 1 N–H and O–H groups in total. The Morgan fingerprint density at radius 2 is 2.04 bits per heavy atom. The highest BCUT2D eigenvalue weighted by molar-refractivity contribution is 5.77. The fourth-order valence-electron chi connectivity index (χ4n) is 3.84. The summed E-state index contributed by atoms with van der Waals surface area (Å²) < 4.78 is 1.87. The van der Waals surface area contributed by atoms with E-state index in [1.54, 1.807) is 0 Å². The first kappa shape index (κ1) is 18.5. The topological polar surface area (TPSA) is 62.5 Å². The van der Waals surface area contributed by atoms with Crippen LogP contribution in [0.4, 0.5) is 5.82 Å². The molecule has 1 amide bonds. The molecule has 146 valence electrons. The fourth-order valence-corrected chi connectivity index (χ4v) is 3.84. The molecular weight excluding hydrogens is 350 g/mol. The summed E-state index contributed by atoms with van der Waals surface area (Å²) in [5.74, 6) is 1.46. The van der Waals surface area contributed by atoms with Crippen molar-refractivity contribution in [2.75, 3.05) is 18.4 Å². The molecule has 28 heavy (non-hydrogen) atoms. The molecule has 1 unspecified atom stereocenters. The Kier molecular flexibility index (Phi) is 5.28. The average molecular weight is 377 g/mol. The van der Waals surface area contributed by atoms with Crippen molar-refractivity contribution in [3.05, 3.63) is 48.7 Å². The van der Waals surface area contributed by atoms with Gasteiger partial charge in [-0.1, -0.05) is 44.2 Å². The minimum absolute atomic E-state index is 0.236. The number of carbonyl (C=O) groups is 1. The van der Waals surface area contributed by atoms with Crippen molar-refractivity contribution >= 4 is 17.4 Å². The second kappa shape index (κ2) is 8.00. The minimum atomic E-state index is 0.236. The molecule has 6 nitrogen and oxygen atoms in total. The molecule has 1 aliphatic rings. The van der Waals surface area contributed by atoms with Crippen LogP contribution in [0.25, 0.3) is 16.9 Å². The maximum absolute atomic E-state index is 12.5. The Hall–Kier alpha value is -2.89. The SMILES string of the molecule is CC(C)CC(=O)N1CCCC1CNc1ccc2ncc(-c3ccccc3)n2n1. The number of imidazole rings is 1. The fraction of sp³-hybridized carbons (Fsp3) is 0.409. The number of benzene rings is 1. The molecule has 1 aromatic carbocycles. The second-order valence-corrected chi connectivity index (χ2v) is 7.86. The number of carbonyl (C=O) groups excluding carboxylic acids is 1. The van der Waals surface area contributed by atoms with Crippen molar-refractivity contribution in [1.82, 2.24) is 19.5 Å². The van der Waals surface area contributed by atoms with E-state index < -0.39 is 0 Å². The van der Waals surface area contributed by atoms with E-state index in [2.05, 4.69) is 36.3 Å². The number of fused-ring (bicyclic) bond motifs is 1. The molecule has 3 aromatic rings. The lowest BCUT2D eigenvalue weighted by Gasteiger charge is -2.26. The Labute approximate surface area is 165 Å². The number of rotatable bonds is 6. The Morgan fingerprint density at radius 1 is 1.21 bits per heavy atom. The summed E-state index contributed by atoms with van der Waals surface area (Å²) in [4.78, 5) is 19.0. The normalized spacial score (nSPS) is 16.8. The molecular formula is C22H27N5O. The largest absolute Gasteiger partial charge is 0.367 e. The molecule has 6 heteroatoms. The van der Waals surface area contributed by atoms with Crippen LogP contribution < -0.4 is 5.32 Å². The average Bonchev–Trinajstić information content (AvgIpc) is 3.33. The van der Waals surface area contributed by atoms with Gasteiger partial charge in [0.1, 0.15) is 5.82 Å². The number of anilines is 1. The van der Waals surface area contributed by atoms with Gasteiger partial charge in [0, 0.05) is 31.1 Å². The van der Waals surface area contributed by atoms with Gasteiger partial charge in [-0.2, -0.15) is 0 Å². The van der Waals surface area contributed by atoms with Gasteiger partial charge in [0.25, 0.3) is 0 Å². The predicted molar refractivity (Wildman–Crippen MR) is 111 cm³/mol. The van der Waals surface area contributed by atoms with Crippen LogP contribution in [0.3, 0.4) is 0 Å². The zero-order chi connectivity index (χ0) is 19.5.